The molecule has 0 aliphatic heterocycles. The molecule has 0 radical (unpaired) electrons. The summed E-state index contributed by atoms with van der Waals surface area (Å²) in [6, 6.07) is 1.03. The number of rotatable bonds is 4. The van der Waals surface area contributed by atoms with Crippen LogP contribution in [-0.2, 0) is 0 Å². The molecule has 1 N–H and O–H groups in total. The molecule has 1 heterocycles. The Balaban J connectivity index is 2.02. The number of nitrogens with one attached hydrogen (secondary N) is 1. The van der Waals surface area contributed by atoms with Crippen LogP contribution >= 0.6 is 11.3 Å². The summed E-state index contributed by atoms with van der Waals surface area (Å²) >= 11 is 1.82. The second-order valence-electron chi connectivity index (χ2n) is 5.45. The zero-order valence-corrected chi connectivity index (χ0v) is 11.7. The van der Waals surface area contributed by atoms with Gasteiger partial charge in [0.05, 0.1) is 10.7 Å². The third-order valence-electron chi connectivity index (χ3n) is 3.92. The van der Waals surface area contributed by atoms with Gasteiger partial charge in [-0.1, -0.05) is 6.92 Å². The predicted octanol–water partition coefficient (Wildman–Crippen LogP) is 3.60. The average Bonchev–Trinajstić information content (AvgIpc) is 2.85. The minimum atomic E-state index is 0.429. The molecule has 2 rings (SSSR count). The van der Waals surface area contributed by atoms with Crippen molar-refractivity contribution in [3.8, 4) is 0 Å². The van der Waals surface area contributed by atoms with Crippen molar-refractivity contribution in [3.05, 3.63) is 15.6 Å². The molecular weight excluding hydrogens is 216 g/mol. The first-order valence-corrected chi connectivity index (χ1v) is 6.94. The summed E-state index contributed by atoms with van der Waals surface area (Å²) in [5, 5.41) is 4.90. The van der Waals surface area contributed by atoms with Crippen LogP contribution in [0.15, 0.2) is 0 Å². The summed E-state index contributed by atoms with van der Waals surface area (Å²) in [5.74, 6) is 0. The fraction of sp³-hybridized carbons (Fsp3) is 0.769. The molecule has 0 amide bonds. The zero-order valence-electron chi connectivity index (χ0n) is 10.9. The summed E-state index contributed by atoms with van der Waals surface area (Å²) in [6.45, 7) is 11.1. The van der Waals surface area contributed by atoms with E-state index >= 15 is 0 Å². The van der Waals surface area contributed by atoms with E-state index in [4.69, 9.17) is 0 Å². The third-order valence-corrected chi connectivity index (χ3v) is 5.17. The van der Waals surface area contributed by atoms with Crippen molar-refractivity contribution >= 4 is 11.3 Å². The number of aromatic nitrogens is 1. The number of nitrogens with zero attached hydrogens (tertiary/aromatic N) is 1. The highest BCUT2D eigenvalue weighted by molar-refractivity contribution is 7.11. The maximum absolute atomic E-state index is 4.50. The molecule has 1 aliphatic carbocycles. The Labute approximate surface area is 102 Å². The Morgan fingerprint density at radius 2 is 1.94 bits per heavy atom. The lowest BCUT2D eigenvalue weighted by atomic mass is 10.00. The number of thiazole rings is 1. The minimum absolute atomic E-state index is 0.429. The van der Waals surface area contributed by atoms with E-state index in [9.17, 15) is 0 Å². The van der Waals surface area contributed by atoms with E-state index in [0.717, 1.165) is 0 Å². The van der Waals surface area contributed by atoms with Crippen LogP contribution in [0.2, 0.25) is 0 Å². The molecule has 1 aromatic heterocycles. The van der Waals surface area contributed by atoms with Crippen LogP contribution in [0.25, 0.3) is 0 Å². The Hall–Kier alpha value is -0.410. The summed E-state index contributed by atoms with van der Waals surface area (Å²) in [5.41, 5.74) is 1.73. The lowest BCUT2D eigenvalue weighted by Crippen LogP contribution is -2.35. The smallest absolute Gasteiger partial charge is 0.0900 e. The Morgan fingerprint density at radius 3 is 2.38 bits per heavy atom. The average molecular weight is 238 g/mol. The number of aryl methyl sites for hydroxylation is 2. The second kappa shape index (κ2) is 4.11. The normalized spacial score (nSPS) is 21.8. The van der Waals surface area contributed by atoms with Crippen molar-refractivity contribution in [2.24, 2.45) is 5.41 Å². The summed E-state index contributed by atoms with van der Waals surface area (Å²) < 4.78 is 0. The van der Waals surface area contributed by atoms with E-state index in [0.29, 0.717) is 17.5 Å². The van der Waals surface area contributed by atoms with E-state index in [1.807, 2.05) is 11.3 Å². The highest BCUT2D eigenvalue weighted by Gasteiger charge is 2.42. The van der Waals surface area contributed by atoms with Gasteiger partial charge in [0.2, 0.25) is 0 Å². The SMILES string of the molecule is Cc1nc(C)c(C(C)NC(C)C2(C)CC2)s1. The standard InChI is InChI=1S/C13H22N2S/c1-8(12-9(2)15-11(4)16-12)14-10(3)13(5)6-7-13/h8,10,14H,6-7H2,1-5H3. The van der Waals surface area contributed by atoms with Gasteiger partial charge in [0.15, 0.2) is 0 Å². The molecule has 3 heteroatoms. The number of hydrogen-bond donors (Lipinski definition) is 1. The first kappa shape index (κ1) is 12.1. The van der Waals surface area contributed by atoms with Crippen LogP contribution in [0, 0.1) is 19.3 Å². The molecule has 90 valence electrons. The molecule has 1 fully saturated rings. The van der Waals surface area contributed by atoms with Crippen molar-refractivity contribution in [1.29, 1.82) is 0 Å². The second-order valence-corrected chi connectivity index (χ2v) is 6.68. The molecule has 0 saturated heterocycles. The monoisotopic (exact) mass is 238 g/mol. The summed E-state index contributed by atoms with van der Waals surface area (Å²) in [7, 11) is 0. The quantitative estimate of drug-likeness (QED) is 0.867. The van der Waals surface area contributed by atoms with Crippen molar-refractivity contribution in [2.75, 3.05) is 0 Å². The fourth-order valence-electron chi connectivity index (χ4n) is 2.23. The molecule has 0 aromatic carbocycles. The topological polar surface area (TPSA) is 24.9 Å². The highest BCUT2D eigenvalue weighted by atomic mass is 32.1. The van der Waals surface area contributed by atoms with Gasteiger partial charge in [-0.25, -0.2) is 4.98 Å². The molecule has 2 atom stereocenters. The Morgan fingerprint density at radius 1 is 1.31 bits per heavy atom. The third kappa shape index (κ3) is 2.30. The molecule has 0 bridgehead atoms. The Kier molecular flexibility index (Phi) is 3.10. The largest absolute Gasteiger partial charge is 0.306 e. The van der Waals surface area contributed by atoms with E-state index in [-0.39, 0.29) is 0 Å². The van der Waals surface area contributed by atoms with Crippen LogP contribution in [0.5, 0.6) is 0 Å². The van der Waals surface area contributed by atoms with Gasteiger partial charge in [-0.3, -0.25) is 0 Å². The molecule has 2 nitrogen and oxygen atoms in total. The van der Waals surface area contributed by atoms with Gasteiger partial charge in [-0.15, -0.1) is 11.3 Å². The van der Waals surface area contributed by atoms with Crippen molar-refractivity contribution < 1.29 is 0 Å². The maximum Gasteiger partial charge on any atom is 0.0900 e. The highest BCUT2D eigenvalue weighted by Crippen LogP contribution is 2.48. The van der Waals surface area contributed by atoms with Gasteiger partial charge >= 0.3 is 0 Å². The van der Waals surface area contributed by atoms with Gasteiger partial charge in [-0.2, -0.15) is 0 Å². The van der Waals surface area contributed by atoms with Gasteiger partial charge in [0, 0.05) is 17.0 Å². The number of hydrogen-bond acceptors (Lipinski definition) is 3. The molecule has 1 aliphatic rings. The van der Waals surface area contributed by atoms with Gasteiger partial charge in [0.1, 0.15) is 0 Å². The van der Waals surface area contributed by atoms with E-state index < -0.39 is 0 Å². The Bertz CT molecular complexity index is 379. The molecular formula is C13H22N2S. The van der Waals surface area contributed by atoms with Crippen LogP contribution < -0.4 is 5.32 Å². The van der Waals surface area contributed by atoms with Crippen LogP contribution in [-0.4, -0.2) is 11.0 Å². The fourth-order valence-corrected chi connectivity index (χ4v) is 3.17. The summed E-state index contributed by atoms with van der Waals surface area (Å²) in [4.78, 5) is 5.89. The van der Waals surface area contributed by atoms with Crippen LogP contribution in [0.4, 0.5) is 0 Å². The van der Waals surface area contributed by atoms with Gasteiger partial charge < -0.3 is 5.32 Å². The molecule has 1 saturated carbocycles. The van der Waals surface area contributed by atoms with Gasteiger partial charge in [0.25, 0.3) is 0 Å². The summed E-state index contributed by atoms with van der Waals surface area (Å²) in [6.07, 6.45) is 2.74. The molecule has 2 unspecified atom stereocenters. The lowest BCUT2D eigenvalue weighted by Gasteiger charge is -2.24. The first-order valence-electron chi connectivity index (χ1n) is 6.12. The maximum atomic E-state index is 4.50. The zero-order chi connectivity index (χ0) is 11.9. The first-order chi connectivity index (χ1) is 7.42. The minimum Gasteiger partial charge on any atom is -0.306 e. The van der Waals surface area contributed by atoms with Crippen molar-refractivity contribution in [2.45, 2.75) is 59.5 Å². The van der Waals surface area contributed by atoms with Crippen LogP contribution in [0.3, 0.4) is 0 Å². The van der Waals surface area contributed by atoms with E-state index in [1.165, 1.54) is 28.4 Å². The van der Waals surface area contributed by atoms with Crippen molar-refractivity contribution in [1.82, 2.24) is 10.3 Å². The molecule has 16 heavy (non-hydrogen) atoms. The van der Waals surface area contributed by atoms with E-state index in [2.05, 4.69) is 44.9 Å². The van der Waals surface area contributed by atoms with Gasteiger partial charge in [-0.05, 0) is 46.0 Å². The molecule has 1 aromatic rings. The van der Waals surface area contributed by atoms with Crippen LogP contribution in [0.1, 0.15) is 55.2 Å². The van der Waals surface area contributed by atoms with Crippen molar-refractivity contribution in [3.63, 3.8) is 0 Å². The van der Waals surface area contributed by atoms with E-state index in [1.54, 1.807) is 0 Å². The molecule has 0 spiro atoms. The predicted molar refractivity (Wildman–Crippen MR) is 69.9 cm³/mol. The lowest BCUT2D eigenvalue weighted by molar-refractivity contribution is 0.351.